The molecule has 7 nitrogen and oxygen atoms in total. The first-order valence-electron chi connectivity index (χ1n) is 9.17. The van der Waals surface area contributed by atoms with Gasteiger partial charge in [0.2, 0.25) is 5.95 Å². The molecule has 138 valence electrons. The van der Waals surface area contributed by atoms with E-state index >= 15 is 0 Å². The Morgan fingerprint density at radius 2 is 1.96 bits per heavy atom. The van der Waals surface area contributed by atoms with Crippen LogP contribution in [0.2, 0.25) is 0 Å². The van der Waals surface area contributed by atoms with Crippen molar-refractivity contribution in [3.05, 3.63) is 64.5 Å². The van der Waals surface area contributed by atoms with Gasteiger partial charge in [-0.1, -0.05) is 0 Å². The van der Waals surface area contributed by atoms with E-state index in [-0.39, 0.29) is 11.6 Å². The Morgan fingerprint density at radius 3 is 2.70 bits per heavy atom. The first kappa shape index (κ1) is 17.3. The summed E-state index contributed by atoms with van der Waals surface area (Å²) < 4.78 is 1.55. The van der Waals surface area contributed by atoms with Gasteiger partial charge in [0, 0.05) is 42.0 Å². The molecule has 0 N–H and O–H groups in total. The molecule has 0 bridgehead atoms. The van der Waals surface area contributed by atoms with Crippen molar-refractivity contribution in [3.63, 3.8) is 0 Å². The average molecular weight is 362 g/mol. The van der Waals surface area contributed by atoms with E-state index in [0.29, 0.717) is 6.54 Å². The summed E-state index contributed by atoms with van der Waals surface area (Å²) in [7, 11) is 0. The van der Waals surface area contributed by atoms with Gasteiger partial charge >= 0.3 is 0 Å². The Balaban J connectivity index is 1.62. The third kappa shape index (κ3) is 3.72. The highest BCUT2D eigenvalue weighted by atomic mass is 16.1. The van der Waals surface area contributed by atoms with Crippen molar-refractivity contribution in [1.29, 1.82) is 0 Å². The molecule has 4 rings (SSSR count). The number of aryl methyl sites for hydroxylation is 2. The quantitative estimate of drug-likeness (QED) is 0.709. The summed E-state index contributed by atoms with van der Waals surface area (Å²) in [5.41, 5.74) is 3.45. The molecule has 0 saturated carbocycles. The minimum atomic E-state index is -0.101. The second-order valence-corrected chi connectivity index (χ2v) is 6.92. The lowest BCUT2D eigenvalue weighted by Crippen LogP contribution is -2.38. The van der Waals surface area contributed by atoms with Crippen LogP contribution in [0.15, 0.2) is 47.5 Å². The molecule has 3 aromatic heterocycles. The highest BCUT2D eigenvalue weighted by molar-refractivity contribution is 5.56. The Bertz CT molecular complexity index is 981. The van der Waals surface area contributed by atoms with Gasteiger partial charge in [-0.05, 0) is 51.0 Å². The van der Waals surface area contributed by atoms with Crippen LogP contribution in [0.5, 0.6) is 0 Å². The van der Waals surface area contributed by atoms with E-state index in [2.05, 4.69) is 25.0 Å². The Labute approximate surface area is 157 Å². The van der Waals surface area contributed by atoms with E-state index in [1.807, 2.05) is 32.0 Å². The van der Waals surface area contributed by atoms with Crippen LogP contribution in [0.25, 0.3) is 11.3 Å². The zero-order valence-corrected chi connectivity index (χ0v) is 15.5. The zero-order valence-electron chi connectivity index (χ0n) is 15.5. The van der Waals surface area contributed by atoms with Crippen LogP contribution in [-0.2, 0) is 6.54 Å². The lowest BCUT2D eigenvalue weighted by Gasteiger charge is -2.25. The molecule has 4 heterocycles. The molecule has 1 saturated heterocycles. The summed E-state index contributed by atoms with van der Waals surface area (Å²) in [5, 5.41) is 4.57. The van der Waals surface area contributed by atoms with Crippen molar-refractivity contribution in [3.8, 4) is 11.3 Å². The van der Waals surface area contributed by atoms with Gasteiger partial charge in [0.15, 0.2) is 0 Å². The summed E-state index contributed by atoms with van der Waals surface area (Å²) in [6, 6.07) is 9.24. The third-order valence-corrected chi connectivity index (χ3v) is 4.81. The molecule has 0 aliphatic carbocycles. The van der Waals surface area contributed by atoms with Crippen LogP contribution in [0, 0.1) is 13.8 Å². The van der Waals surface area contributed by atoms with Crippen molar-refractivity contribution >= 4 is 5.95 Å². The van der Waals surface area contributed by atoms with Gasteiger partial charge in [0.05, 0.1) is 18.3 Å². The normalized spacial score (nSPS) is 16.7. The molecule has 1 atom stereocenters. The first-order valence-corrected chi connectivity index (χ1v) is 9.17. The van der Waals surface area contributed by atoms with E-state index in [1.54, 1.807) is 29.2 Å². The predicted octanol–water partition coefficient (Wildman–Crippen LogP) is 2.38. The van der Waals surface area contributed by atoms with E-state index in [4.69, 9.17) is 0 Å². The maximum absolute atomic E-state index is 12.4. The summed E-state index contributed by atoms with van der Waals surface area (Å²) in [6.07, 6.45) is 5.52. The topological polar surface area (TPSA) is 76.8 Å². The highest BCUT2D eigenvalue weighted by Crippen LogP contribution is 2.24. The lowest BCUT2D eigenvalue weighted by molar-refractivity contribution is 0.486. The molecule has 27 heavy (non-hydrogen) atoms. The monoisotopic (exact) mass is 362 g/mol. The number of anilines is 1. The van der Waals surface area contributed by atoms with Gasteiger partial charge in [-0.25, -0.2) is 14.6 Å². The molecule has 0 aromatic carbocycles. The molecule has 3 aromatic rings. The number of nitrogens with zero attached hydrogens (tertiary/aromatic N) is 6. The smallest absolute Gasteiger partial charge is 0.266 e. The average Bonchev–Trinajstić information content (AvgIpc) is 3.12. The molecular weight excluding hydrogens is 340 g/mol. The number of rotatable bonds is 4. The Kier molecular flexibility index (Phi) is 4.66. The molecule has 0 amide bonds. The van der Waals surface area contributed by atoms with Gasteiger partial charge in [-0.3, -0.25) is 9.78 Å². The van der Waals surface area contributed by atoms with Gasteiger partial charge in [0.25, 0.3) is 5.56 Å². The summed E-state index contributed by atoms with van der Waals surface area (Å²) in [5.74, 6) is 0.742. The largest absolute Gasteiger partial charge is 0.336 e. The van der Waals surface area contributed by atoms with Crippen LogP contribution in [0.3, 0.4) is 0 Å². The van der Waals surface area contributed by atoms with Gasteiger partial charge in [-0.2, -0.15) is 5.10 Å². The van der Waals surface area contributed by atoms with E-state index < -0.39 is 0 Å². The highest BCUT2D eigenvalue weighted by Gasteiger charge is 2.28. The predicted molar refractivity (Wildman–Crippen MR) is 104 cm³/mol. The number of aromatic nitrogens is 5. The second-order valence-electron chi connectivity index (χ2n) is 6.92. The molecule has 0 radical (unpaired) electrons. The van der Waals surface area contributed by atoms with Crippen molar-refractivity contribution in [2.75, 3.05) is 11.4 Å². The third-order valence-electron chi connectivity index (χ3n) is 4.81. The maximum Gasteiger partial charge on any atom is 0.266 e. The molecule has 1 fully saturated rings. The van der Waals surface area contributed by atoms with Crippen molar-refractivity contribution < 1.29 is 0 Å². The van der Waals surface area contributed by atoms with Gasteiger partial charge in [0.1, 0.15) is 0 Å². The van der Waals surface area contributed by atoms with Crippen LogP contribution in [0.1, 0.15) is 24.2 Å². The fourth-order valence-corrected chi connectivity index (χ4v) is 3.57. The molecule has 1 aliphatic heterocycles. The molecule has 1 unspecified atom stereocenters. The molecule has 0 spiro atoms. The van der Waals surface area contributed by atoms with E-state index in [9.17, 15) is 4.79 Å². The summed E-state index contributed by atoms with van der Waals surface area (Å²) >= 11 is 0. The lowest BCUT2D eigenvalue weighted by atomic mass is 10.2. The van der Waals surface area contributed by atoms with E-state index in [0.717, 1.165) is 48.0 Å². The van der Waals surface area contributed by atoms with Crippen molar-refractivity contribution in [2.45, 2.75) is 39.3 Å². The van der Waals surface area contributed by atoms with E-state index in [1.165, 1.54) is 0 Å². The Hall–Kier alpha value is -3.09. The second kappa shape index (κ2) is 7.26. The number of hydrogen-bond acceptors (Lipinski definition) is 6. The van der Waals surface area contributed by atoms with Gasteiger partial charge in [-0.15, -0.1) is 0 Å². The zero-order chi connectivity index (χ0) is 18.8. The minimum Gasteiger partial charge on any atom is -0.336 e. The molecule has 7 heteroatoms. The number of pyridine rings is 1. The number of hydrogen-bond donors (Lipinski definition) is 0. The Morgan fingerprint density at radius 1 is 1.15 bits per heavy atom. The minimum absolute atomic E-state index is 0.101. The summed E-state index contributed by atoms with van der Waals surface area (Å²) in [4.78, 5) is 27.9. The fraction of sp³-hybridized carbons (Fsp3) is 0.350. The van der Waals surface area contributed by atoms with Crippen LogP contribution in [-0.4, -0.2) is 37.3 Å². The van der Waals surface area contributed by atoms with Crippen LogP contribution < -0.4 is 10.5 Å². The van der Waals surface area contributed by atoms with Crippen LogP contribution in [0.4, 0.5) is 5.95 Å². The van der Waals surface area contributed by atoms with Crippen LogP contribution >= 0.6 is 0 Å². The van der Waals surface area contributed by atoms with Crippen molar-refractivity contribution in [1.82, 2.24) is 24.7 Å². The molecule has 1 aliphatic rings. The SMILES string of the molecule is Cc1cc(C)nc(N2CCCC2Cn2nc(-c3cccnc3)ccc2=O)n1. The summed E-state index contributed by atoms with van der Waals surface area (Å²) in [6.45, 7) is 5.37. The standard InChI is InChI=1S/C20H22N6O/c1-14-11-15(2)23-20(22-14)25-10-4-6-17(25)13-26-19(27)8-7-18(24-26)16-5-3-9-21-12-16/h3,5,7-9,11-12,17H,4,6,10,13H2,1-2H3. The first-order chi connectivity index (χ1) is 13.1. The van der Waals surface area contributed by atoms with Gasteiger partial charge < -0.3 is 4.90 Å². The fourth-order valence-electron chi connectivity index (χ4n) is 3.57. The van der Waals surface area contributed by atoms with Crippen molar-refractivity contribution in [2.24, 2.45) is 0 Å². The molecular formula is C20H22N6O. The maximum atomic E-state index is 12.4.